The van der Waals surface area contributed by atoms with E-state index in [2.05, 4.69) is 37.9 Å². The molecule has 1 aromatic heterocycles. The zero-order valence-corrected chi connectivity index (χ0v) is 17.1. The Balaban J connectivity index is 1.36. The lowest BCUT2D eigenvalue weighted by molar-refractivity contribution is -0.133. The number of hydrogen-bond acceptors (Lipinski definition) is 3. The van der Waals surface area contributed by atoms with Gasteiger partial charge in [-0.1, -0.05) is 51.3 Å². The summed E-state index contributed by atoms with van der Waals surface area (Å²) < 4.78 is 1.06. The van der Waals surface area contributed by atoms with Crippen molar-refractivity contribution in [2.24, 2.45) is 5.92 Å². The SMILES string of the molecule is O=C(C1CC1c1cccc(Br)c1)N1CCN(c2ncc(Cl)cc2Cl)CC1. The van der Waals surface area contributed by atoms with Crippen LogP contribution in [-0.2, 0) is 4.79 Å². The molecule has 4 nitrogen and oxygen atoms in total. The van der Waals surface area contributed by atoms with Crippen molar-refractivity contribution < 1.29 is 4.79 Å². The van der Waals surface area contributed by atoms with E-state index in [4.69, 9.17) is 23.2 Å². The van der Waals surface area contributed by atoms with Gasteiger partial charge in [-0.3, -0.25) is 4.79 Å². The molecule has 1 aliphatic heterocycles. The van der Waals surface area contributed by atoms with Crippen LogP contribution >= 0.6 is 39.1 Å². The highest BCUT2D eigenvalue weighted by atomic mass is 79.9. The Kier molecular flexibility index (Phi) is 5.13. The quantitative estimate of drug-likeness (QED) is 0.679. The smallest absolute Gasteiger partial charge is 0.226 e. The fraction of sp³-hybridized carbons (Fsp3) is 0.368. The zero-order chi connectivity index (χ0) is 18.3. The van der Waals surface area contributed by atoms with Crippen LogP contribution in [-0.4, -0.2) is 42.0 Å². The Morgan fingerprint density at radius 3 is 2.62 bits per heavy atom. The average molecular weight is 455 g/mol. The van der Waals surface area contributed by atoms with E-state index in [0.717, 1.165) is 29.8 Å². The number of halogens is 3. The van der Waals surface area contributed by atoms with Crippen LogP contribution in [0.2, 0.25) is 10.0 Å². The zero-order valence-electron chi connectivity index (χ0n) is 14.0. The number of anilines is 1. The van der Waals surface area contributed by atoms with Crippen molar-refractivity contribution in [2.45, 2.75) is 12.3 Å². The van der Waals surface area contributed by atoms with E-state index in [-0.39, 0.29) is 11.8 Å². The summed E-state index contributed by atoms with van der Waals surface area (Å²) in [5, 5.41) is 1.08. The van der Waals surface area contributed by atoms with E-state index < -0.39 is 0 Å². The lowest BCUT2D eigenvalue weighted by Crippen LogP contribution is -2.49. The third-order valence-corrected chi connectivity index (χ3v) is 6.04. The number of rotatable bonds is 3. The molecule has 7 heteroatoms. The van der Waals surface area contributed by atoms with Crippen LogP contribution in [0.1, 0.15) is 17.9 Å². The van der Waals surface area contributed by atoms with Crippen molar-refractivity contribution in [3.63, 3.8) is 0 Å². The van der Waals surface area contributed by atoms with Gasteiger partial charge in [-0.2, -0.15) is 0 Å². The normalized spacial score (nSPS) is 22.4. The molecule has 1 aliphatic carbocycles. The maximum absolute atomic E-state index is 12.8. The molecular weight excluding hydrogens is 437 g/mol. The van der Waals surface area contributed by atoms with Gasteiger partial charge in [-0.05, 0) is 36.1 Å². The van der Waals surface area contributed by atoms with E-state index in [1.807, 2.05) is 17.0 Å². The molecule has 2 heterocycles. The molecule has 1 aromatic carbocycles. The van der Waals surface area contributed by atoms with E-state index in [0.29, 0.717) is 29.1 Å². The lowest BCUT2D eigenvalue weighted by atomic mass is 10.1. The predicted octanol–water partition coefficient (Wildman–Crippen LogP) is 4.60. The molecule has 2 atom stereocenters. The van der Waals surface area contributed by atoms with Crippen molar-refractivity contribution in [2.75, 3.05) is 31.1 Å². The van der Waals surface area contributed by atoms with Gasteiger partial charge in [-0.15, -0.1) is 0 Å². The molecule has 1 amide bonds. The largest absolute Gasteiger partial charge is 0.352 e. The third kappa shape index (κ3) is 3.71. The van der Waals surface area contributed by atoms with Gasteiger partial charge in [0.1, 0.15) is 5.82 Å². The van der Waals surface area contributed by atoms with Gasteiger partial charge in [0.2, 0.25) is 5.91 Å². The van der Waals surface area contributed by atoms with Gasteiger partial charge in [0, 0.05) is 42.8 Å². The van der Waals surface area contributed by atoms with Crippen LogP contribution in [0.15, 0.2) is 41.0 Å². The second-order valence-electron chi connectivity index (χ2n) is 6.77. The van der Waals surface area contributed by atoms with Gasteiger partial charge in [0.15, 0.2) is 0 Å². The van der Waals surface area contributed by atoms with Crippen molar-refractivity contribution in [3.8, 4) is 0 Å². The molecule has 1 saturated carbocycles. The number of carbonyl (C=O) groups is 1. The lowest BCUT2D eigenvalue weighted by Gasteiger charge is -2.36. The van der Waals surface area contributed by atoms with Crippen molar-refractivity contribution >= 4 is 50.9 Å². The van der Waals surface area contributed by atoms with E-state index in [1.165, 1.54) is 5.56 Å². The first-order valence-electron chi connectivity index (χ1n) is 8.63. The molecule has 136 valence electrons. The molecule has 1 saturated heterocycles. The van der Waals surface area contributed by atoms with Crippen LogP contribution in [0.3, 0.4) is 0 Å². The molecular formula is C19H18BrCl2N3O. The monoisotopic (exact) mass is 453 g/mol. The number of pyridine rings is 1. The molecule has 0 radical (unpaired) electrons. The Labute approximate surface area is 171 Å². The van der Waals surface area contributed by atoms with E-state index in [1.54, 1.807) is 12.3 Å². The van der Waals surface area contributed by atoms with Gasteiger partial charge in [0.05, 0.1) is 10.0 Å². The summed E-state index contributed by atoms with van der Waals surface area (Å²) in [5.74, 6) is 1.48. The highest BCUT2D eigenvalue weighted by Crippen LogP contribution is 2.49. The Bertz CT molecular complexity index is 839. The Hall–Kier alpha value is -1.30. The van der Waals surface area contributed by atoms with Gasteiger partial charge in [-0.25, -0.2) is 4.98 Å². The average Bonchev–Trinajstić information content (AvgIpc) is 3.42. The summed E-state index contributed by atoms with van der Waals surface area (Å²) in [5.41, 5.74) is 1.24. The van der Waals surface area contributed by atoms with E-state index >= 15 is 0 Å². The molecule has 0 spiro atoms. The molecule has 0 bridgehead atoms. The number of aromatic nitrogens is 1. The molecule has 2 unspecified atom stereocenters. The topological polar surface area (TPSA) is 36.4 Å². The van der Waals surface area contributed by atoms with Gasteiger partial charge in [0.25, 0.3) is 0 Å². The summed E-state index contributed by atoms with van der Waals surface area (Å²) in [7, 11) is 0. The first-order chi connectivity index (χ1) is 12.5. The van der Waals surface area contributed by atoms with E-state index in [9.17, 15) is 4.79 Å². The number of nitrogens with zero attached hydrogens (tertiary/aromatic N) is 3. The number of benzene rings is 1. The summed E-state index contributed by atoms with van der Waals surface area (Å²) in [4.78, 5) is 21.2. The Morgan fingerprint density at radius 2 is 1.92 bits per heavy atom. The van der Waals surface area contributed by atoms with Crippen LogP contribution < -0.4 is 4.90 Å². The van der Waals surface area contributed by atoms with Crippen molar-refractivity contribution in [3.05, 3.63) is 56.6 Å². The summed E-state index contributed by atoms with van der Waals surface area (Å²) in [6.45, 7) is 2.85. The second kappa shape index (κ2) is 7.37. The molecule has 2 aliphatic rings. The second-order valence-corrected chi connectivity index (χ2v) is 8.53. The molecule has 26 heavy (non-hydrogen) atoms. The predicted molar refractivity (Wildman–Crippen MR) is 108 cm³/mol. The van der Waals surface area contributed by atoms with Crippen LogP contribution in [0.4, 0.5) is 5.82 Å². The van der Waals surface area contributed by atoms with Crippen molar-refractivity contribution in [1.82, 2.24) is 9.88 Å². The standard InChI is InChI=1S/C19H18BrCl2N3O/c20-13-3-1-2-12(8-13)15-10-16(15)19(26)25-6-4-24(5-7-25)18-17(22)9-14(21)11-23-18/h1-3,8-9,11,15-16H,4-7,10H2. The number of amides is 1. The minimum atomic E-state index is 0.119. The van der Waals surface area contributed by atoms with Crippen LogP contribution in [0, 0.1) is 5.92 Å². The molecule has 2 fully saturated rings. The maximum atomic E-state index is 12.8. The minimum absolute atomic E-state index is 0.119. The van der Waals surface area contributed by atoms with Crippen LogP contribution in [0.5, 0.6) is 0 Å². The molecule has 2 aromatic rings. The maximum Gasteiger partial charge on any atom is 0.226 e. The number of carbonyl (C=O) groups excluding carboxylic acids is 1. The molecule has 0 N–H and O–H groups in total. The fourth-order valence-corrected chi connectivity index (χ4v) is 4.50. The van der Waals surface area contributed by atoms with Crippen LogP contribution in [0.25, 0.3) is 0 Å². The first-order valence-corrected chi connectivity index (χ1v) is 10.2. The number of hydrogen-bond donors (Lipinski definition) is 0. The van der Waals surface area contributed by atoms with Crippen molar-refractivity contribution in [1.29, 1.82) is 0 Å². The summed E-state index contributed by atoms with van der Waals surface area (Å²) in [6, 6.07) is 9.97. The molecule has 4 rings (SSSR count). The highest BCUT2D eigenvalue weighted by Gasteiger charge is 2.46. The fourth-order valence-electron chi connectivity index (χ4n) is 3.59. The van der Waals surface area contributed by atoms with Gasteiger partial charge < -0.3 is 9.80 Å². The first kappa shape index (κ1) is 18.1. The summed E-state index contributed by atoms with van der Waals surface area (Å²) >= 11 is 15.7. The Morgan fingerprint density at radius 1 is 1.15 bits per heavy atom. The third-order valence-electron chi connectivity index (χ3n) is 5.06. The number of piperazine rings is 1. The minimum Gasteiger partial charge on any atom is -0.352 e. The van der Waals surface area contributed by atoms with Gasteiger partial charge >= 0.3 is 0 Å². The summed E-state index contributed by atoms with van der Waals surface area (Å²) in [6.07, 6.45) is 2.55. The highest BCUT2D eigenvalue weighted by molar-refractivity contribution is 9.10.